The summed E-state index contributed by atoms with van der Waals surface area (Å²) in [7, 11) is 0. The summed E-state index contributed by atoms with van der Waals surface area (Å²) in [5.41, 5.74) is 4.59. The van der Waals surface area contributed by atoms with Gasteiger partial charge in [0.05, 0.1) is 35.9 Å². The van der Waals surface area contributed by atoms with Crippen molar-refractivity contribution in [2.45, 2.75) is 41.0 Å². The molecule has 8 nitrogen and oxygen atoms in total. The maximum Gasteiger partial charge on any atom is 0.409 e. The van der Waals surface area contributed by atoms with E-state index in [0.29, 0.717) is 32.2 Å². The van der Waals surface area contributed by atoms with E-state index in [0.717, 1.165) is 35.7 Å². The maximum absolute atomic E-state index is 12.8. The van der Waals surface area contributed by atoms with Crippen molar-refractivity contribution in [1.29, 1.82) is 0 Å². The van der Waals surface area contributed by atoms with Gasteiger partial charge in [-0.3, -0.25) is 9.69 Å². The van der Waals surface area contributed by atoms with Crippen molar-refractivity contribution in [3.05, 3.63) is 41.2 Å². The zero-order chi connectivity index (χ0) is 23.3. The minimum absolute atomic E-state index is 0.0736. The molecule has 1 fully saturated rings. The minimum Gasteiger partial charge on any atom is -0.449 e. The number of nitrogens with one attached hydrogen (secondary N) is 1. The Balaban J connectivity index is 1.57. The summed E-state index contributed by atoms with van der Waals surface area (Å²) in [5.74, 6) is 0.240. The van der Waals surface area contributed by atoms with E-state index in [1.54, 1.807) is 4.90 Å². The third-order valence-corrected chi connectivity index (χ3v) is 5.59. The zero-order valence-electron chi connectivity index (χ0n) is 19.9. The molecule has 1 N–H and O–H groups in total. The number of hydrogen-bond acceptors (Lipinski definition) is 5. The predicted molar refractivity (Wildman–Crippen MR) is 125 cm³/mol. The first-order chi connectivity index (χ1) is 15.2. The molecule has 0 unspecified atom stereocenters. The van der Waals surface area contributed by atoms with Crippen molar-refractivity contribution in [2.24, 2.45) is 5.92 Å². The summed E-state index contributed by atoms with van der Waals surface area (Å²) in [5, 5.41) is 7.66. The van der Waals surface area contributed by atoms with Crippen LogP contribution in [0, 0.1) is 26.7 Å². The van der Waals surface area contributed by atoms with Gasteiger partial charge in [-0.1, -0.05) is 31.5 Å². The summed E-state index contributed by atoms with van der Waals surface area (Å²) < 4.78 is 7.20. The molecule has 8 heteroatoms. The van der Waals surface area contributed by atoms with Crippen LogP contribution in [0.15, 0.2) is 24.3 Å². The van der Waals surface area contributed by atoms with Gasteiger partial charge < -0.3 is 15.0 Å². The monoisotopic (exact) mass is 441 g/mol. The number of carbonyl (C=O) groups is 2. The average molecular weight is 442 g/mol. The highest BCUT2D eigenvalue weighted by Gasteiger charge is 2.22. The maximum atomic E-state index is 12.8. The molecule has 174 valence electrons. The van der Waals surface area contributed by atoms with E-state index in [2.05, 4.69) is 15.3 Å². The number of carbonyl (C=O) groups excluding carboxylic acids is 2. The fourth-order valence-corrected chi connectivity index (χ4v) is 3.78. The standard InChI is InChI=1S/C24H35N5O3/c1-17(2)16-32-24(31)28-12-6-11-27(13-14-28)15-22(30)25-23-19(4)26-29(20(23)5)21-9-7-18(3)8-10-21/h7-10,17H,6,11-16H2,1-5H3,(H,25,30). The second-order valence-electron chi connectivity index (χ2n) is 8.93. The molecule has 1 aromatic heterocycles. The molecule has 1 aliphatic heterocycles. The highest BCUT2D eigenvalue weighted by atomic mass is 16.6. The Morgan fingerprint density at radius 2 is 1.78 bits per heavy atom. The van der Waals surface area contributed by atoms with Crippen molar-refractivity contribution >= 4 is 17.7 Å². The molecule has 2 aromatic rings. The van der Waals surface area contributed by atoms with Gasteiger partial charge in [0.15, 0.2) is 0 Å². The third kappa shape index (κ3) is 6.09. The Morgan fingerprint density at radius 3 is 2.47 bits per heavy atom. The molecule has 1 aliphatic rings. The van der Waals surface area contributed by atoms with Crippen LogP contribution in [0.3, 0.4) is 0 Å². The molecular weight excluding hydrogens is 406 g/mol. The van der Waals surface area contributed by atoms with Crippen molar-refractivity contribution < 1.29 is 14.3 Å². The van der Waals surface area contributed by atoms with Gasteiger partial charge in [0.1, 0.15) is 0 Å². The fraction of sp³-hybridized carbons (Fsp3) is 0.542. The molecule has 3 rings (SSSR count). The van der Waals surface area contributed by atoms with E-state index in [9.17, 15) is 9.59 Å². The summed E-state index contributed by atoms with van der Waals surface area (Å²) >= 11 is 0. The molecule has 2 heterocycles. The van der Waals surface area contributed by atoms with Crippen LogP contribution in [0.25, 0.3) is 5.69 Å². The Kier molecular flexibility index (Phi) is 7.90. The molecule has 1 aromatic carbocycles. The number of ether oxygens (including phenoxy) is 1. The van der Waals surface area contributed by atoms with Crippen LogP contribution in [0.2, 0.25) is 0 Å². The van der Waals surface area contributed by atoms with E-state index in [4.69, 9.17) is 4.74 Å². The van der Waals surface area contributed by atoms with E-state index < -0.39 is 0 Å². The smallest absolute Gasteiger partial charge is 0.409 e. The number of rotatable bonds is 6. The van der Waals surface area contributed by atoms with E-state index in [-0.39, 0.29) is 18.5 Å². The van der Waals surface area contributed by atoms with Gasteiger partial charge in [-0.15, -0.1) is 0 Å². The number of benzene rings is 1. The lowest BCUT2D eigenvalue weighted by Crippen LogP contribution is -2.38. The van der Waals surface area contributed by atoms with Crippen LogP contribution in [-0.4, -0.2) is 70.9 Å². The van der Waals surface area contributed by atoms with Crippen molar-refractivity contribution in [1.82, 2.24) is 19.6 Å². The van der Waals surface area contributed by atoms with Crippen LogP contribution in [0.4, 0.5) is 10.5 Å². The number of hydrogen-bond donors (Lipinski definition) is 1. The number of amides is 2. The Bertz CT molecular complexity index is 936. The van der Waals surface area contributed by atoms with Crippen molar-refractivity contribution in [2.75, 3.05) is 44.6 Å². The molecule has 0 aliphatic carbocycles. The van der Waals surface area contributed by atoms with Crippen LogP contribution < -0.4 is 5.32 Å². The van der Waals surface area contributed by atoms with Crippen LogP contribution in [-0.2, 0) is 9.53 Å². The van der Waals surface area contributed by atoms with E-state index in [1.165, 1.54) is 5.56 Å². The first-order valence-electron chi connectivity index (χ1n) is 11.3. The topological polar surface area (TPSA) is 79.7 Å². The highest BCUT2D eigenvalue weighted by Crippen LogP contribution is 2.23. The minimum atomic E-state index is -0.264. The van der Waals surface area contributed by atoms with Crippen molar-refractivity contribution in [3.8, 4) is 5.69 Å². The summed E-state index contributed by atoms with van der Waals surface area (Å²) in [6.07, 6.45) is 0.549. The van der Waals surface area contributed by atoms with Gasteiger partial charge in [-0.05, 0) is 45.2 Å². The third-order valence-electron chi connectivity index (χ3n) is 5.59. The lowest BCUT2D eigenvalue weighted by molar-refractivity contribution is -0.117. The number of aryl methyl sites for hydroxylation is 2. The molecule has 2 amide bonds. The lowest BCUT2D eigenvalue weighted by Gasteiger charge is -2.21. The Labute approximate surface area is 190 Å². The molecule has 1 saturated heterocycles. The Morgan fingerprint density at radius 1 is 1.06 bits per heavy atom. The molecule has 0 bridgehead atoms. The average Bonchev–Trinajstić information content (AvgIpc) is 2.91. The largest absolute Gasteiger partial charge is 0.449 e. The quantitative estimate of drug-likeness (QED) is 0.742. The summed E-state index contributed by atoms with van der Waals surface area (Å²) in [6.45, 7) is 13.3. The number of anilines is 1. The van der Waals surface area contributed by atoms with Crippen LogP contribution in [0.1, 0.15) is 37.2 Å². The molecule has 0 saturated carbocycles. The SMILES string of the molecule is Cc1ccc(-n2nc(C)c(NC(=O)CN3CCCN(C(=O)OCC(C)C)CC3)c2C)cc1. The second-order valence-corrected chi connectivity index (χ2v) is 8.93. The van der Waals surface area contributed by atoms with Gasteiger partial charge in [0, 0.05) is 26.2 Å². The van der Waals surface area contributed by atoms with Crippen LogP contribution in [0.5, 0.6) is 0 Å². The molecule has 32 heavy (non-hydrogen) atoms. The summed E-state index contributed by atoms with van der Waals surface area (Å²) in [4.78, 5) is 28.8. The fourth-order valence-electron chi connectivity index (χ4n) is 3.78. The predicted octanol–water partition coefficient (Wildman–Crippen LogP) is 3.54. The van der Waals surface area contributed by atoms with Crippen LogP contribution >= 0.6 is 0 Å². The summed E-state index contributed by atoms with van der Waals surface area (Å²) in [6, 6.07) is 8.14. The van der Waals surface area contributed by atoms with Gasteiger partial charge in [-0.25, -0.2) is 9.48 Å². The number of nitrogens with zero attached hydrogens (tertiary/aromatic N) is 4. The number of aromatic nitrogens is 2. The van der Waals surface area contributed by atoms with Gasteiger partial charge >= 0.3 is 6.09 Å². The molecule has 0 atom stereocenters. The van der Waals surface area contributed by atoms with Crippen molar-refractivity contribution in [3.63, 3.8) is 0 Å². The second kappa shape index (κ2) is 10.6. The van der Waals surface area contributed by atoms with Gasteiger partial charge in [0.2, 0.25) is 5.91 Å². The Hall–Kier alpha value is -2.87. The first kappa shape index (κ1) is 23.8. The molecule has 0 spiro atoms. The zero-order valence-corrected chi connectivity index (χ0v) is 19.9. The van der Waals surface area contributed by atoms with Gasteiger partial charge in [-0.2, -0.15) is 5.10 Å². The van der Waals surface area contributed by atoms with E-state index in [1.807, 2.05) is 63.6 Å². The van der Waals surface area contributed by atoms with E-state index >= 15 is 0 Å². The van der Waals surface area contributed by atoms with Gasteiger partial charge in [0.25, 0.3) is 0 Å². The molecular formula is C24H35N5O3. The highest BCUT2D eigenvalue weighted by molar-refractivity contribution is 5.93. The molecule has 0 radical (unpaired) electrons. The lowest BCUT2D eigenvalue weighted by atomic mass is 10.2. The normalized spacial score (nSPS) is 15.0. The first-order valence-corrected chi connectivity index (χ1v) is 11.3.